The highest BCUT2D eigenvalue weighted by atomic mass is 15.3. The van der Waals surface area contributed by atoms with Gasteiger partial charge in [-0.25, -0.2) is 4.98 Å². The fraction of sp³-hybridized carbons (Fsp3) is 0.286. The van der Waals surface area contributed by atoms with Gasteiger partial charge in [-0.05, 0) is 25.1 Å². The standard InChI is InChI=1S/C14H17N5/c1-10(15-9-11-7-8-16-19(11)2)14-17-12-5-3-4-6-13(12)18-14/h3-8,10,15H,9H2,1-2H3,(H,17,18). The third-order valence-corrected chi connectivity index (χ3v) is 3.33. The first kappa shape index (κ1) is 11.9. The third-order valence-electron chi connectivity index (χ3n) is 3.33. The molecule has 5 heteroatoms. The van der Waals surface area contributed by atoms with Gasteiger partial charge in [0, 0.05) is 19.8 Å². The summed E-state index contributed by atoms with van der Waals surface area (Å²) < 4.78 is 1.87. The SMILES string of the molecule is CC(NCc1ccnn1C)c1nc2ccccc2[nH]1. The smallest absolute Gasteiger partial charge is 0.124 e. The molecule has 3 rings (SSSR count). The summed E-state index contributed by atoms with van der Waals surface area (Å²) in [6, 6.07) is 10.3. The van der Waals surface area contributed by atoms with Crippen molar-refractivity contribution in [3.8, 4) is 0 Å². The van der Waals surface area contributed by atoms with Gasteiger partial charge in [0.25, 0.3) is 0 Å². The monoisotopic (exact) mass is 255 g/mol. The van der Waals surface area contributed by atoms with Crippen LogP contribution >= 0.6 is 0 Å². The van der Waals surface area contributed by atoms with Crippen molar-refractivity contribution in [1.82, 2.24) is 25.1 Å². The number of aryl methyl sites for hydroxylation is 1. The minimum atomic E-state index is 0.169. The van der Waals surface area contributed by atoms with Crippen LogP contribution in [0.2, 0.25) is 0 Å². The highest BCUT2D eigenvalue weighted by molar-refractivity contribution is 5.74. The van der Waals surface area contributed by atoms with Gasteiger partial charge in [-0.3, -0.25) is 4.68 Å². The second kappa shape index (κ2) is 4.85. The fourth-order valence-electron chi connectivity index (χ4n) is 2.11. The van der Waals surface area contributed by atoms with Gasteiger partial charge in [0.05, 0.1) is 22.8 Å². The van der Waals surface area contributed by atoms with Gasteiger partial charge < -0.3 is 10.3 Å². The van der Waals surface area contributed by atoms with Crippen molar-refractivity contribution < 1.29 is 0 Å². The summed E-state index contributed by atoms with van der Waals surface area (Å²) in [4.78, 5) is 7.94. The number of nitrogens with one attached hydrogen (secondary N) is 2. The number of nitrogens with zero attached hydrogens (tertiary/aromatic N) is 3. The molecule has 0 fully saturated rings. The lowest BCUT2D eigenvalue weighted by Gasteiger charge is -2.11. The van der Waals surface area contributed by atoms with Gasteiger partial charge in [-0.2, -0.15) is 5.10 Å². The molecule has 0 spiro atoms. The Morgan fingerprint density at radius 1 is 1.32 bits per heavy atom. The summed E-state index contributed by atoms with van der Waals surface area (Å²) in [5, 5.41) is 7.60. The van der Waals surface area contributed by atoms with E-state index in [1.807, 2.05) is 48.3 Å². The van der Waals surface area contributed by atoms with E-state index in [1.54, 1.807) is 0 Å². The van der Waals surface area contributed by atoms with Crippen LogP contribution in [0.25, 0.3) is 11.0 Å². The lowest BCUT2D eigenvalue weighted by atomic mass is 10.3. The molecule has 0 saturated carbocycles. The minimum Gasteiger partial charge on any atom is -0.341 e. The Bertz CT molecular complexity index is 649. The molecular formula is C14H17N5. The molecule has 0 aliphatic carbocycles. The highest BCUT2D eigenvalue weighted by Crippen LogP contribution is 2.15. The van der Waals surface area contributed by atoms with E-state index in [2.05, 4.69) is 27.3 Å². The molecule has 0 bridgehead atoms. The van der Waals surface area contributed by atoms with E-state index >= 15 is 0 Å². The predicted molar refractivity (Wildman–Crippen MR) is 74.6 cm³/mol. The maximum atomic E-state index is 4.59. The van der Waals surface area contributed by atoms with E-state index in [0.717, 1.165) is 29.1 Å². The summed E-state index contributed by atoms with van der Waals surface area (Å²) in [6.45, 7) is 2.88. The van der Waals surface area contributed by atoms with Gasteiger partial charge in [0.1, 0.15) is 5.82 Å². The van der Waals surface area contributed by atoms with Crippen LogP contribution in [0.5, 0.6) is 0 Å². The second-order valence-electron chi connectivity index (χ2n) is 4.69. The molecule has 2 heterocycles. The van der Waals surface area contributed by atoms with Gasteiger partial charge in [-0.15, -0.1) is 0 Å². The van der Waals surface area contributed by atoms with Crippen molar-refractivity contribution in [2.75, 3.05) is 0 Å². The van der Waals surface area contributed by atoms with Crippen LogP contribution < -0.4 is 5.32 Å². The van der Waals surface area contributed by atoms with E-state index in [1.165, 1.54) is 0 Å². The molecule has 0 saturated heterocycles. The molecule has 5 nitrogen and oxygen atoms in total. The number of hydrogen-bond donors (Lipinski definition) is 2. The van der Waals surface area contributed by atoms with Crippen molar-refractivity contribution in [1.29, 1.82) is 0 Å². The van der Waals surface area contributed by atoms with Crippen LogP contribution in [0, 0.1) is 0 Å². The van der Waals surface area contributed by atoms with Crippen molar-refractivity contribution in [2.24, 2.45) is 7.05 Å². The second-order valence-corrected chi connectivity index (χ2v) is 4.69. The molecule has 0 radical (unpaired) electrons. The Hall–Kier alpha value is -2.14. The van der Waals surface area contributed by atoms with E-state index in [9.17, 15) is 0 Å². The summed E-state index contributed by atoms with van der Waals surface area (Å²) in [5.74, 6) is 0.961. The average molecular weight is 255 g/mol. The van der Waals surface area contributed by atoms with Gasteiger partial charge >= 0.3 is 0 Å². The maximum absolute atomic E-state index is 4.59. The van der Waals surface area contributed by atoms with Crippen LogP contribution in [0.1, 0.15) is 24.5 Å². The summed E-state index contributed by atoms with van der Waals surface area (Å²) in [5.41, 5.74) is 3.24. The number of fused-ring (bicyclic) bond motifs is 1. The number of imidazole rings is 1. The van der Waals surface area contributed by atoms with Crippen LogP contribution in [0.4, 0.5) is 0 Å². The predicted octanol–water partition coefficient (Wildman–Crippen LogP) is 2.15. The summed E-state index contributed by atoms with van der Waals surface area (Å²) >= 11 is 0. The van der Waals surface area contributed by atoms with Crippen molar-refractivity contribution in [2.45, 2.75) is 19.5 Å². The largest absolute Gasteiger partial charge is 0.341 e. The number of benzene rings is 1. The molecule has 2 aromatic heterocycles. The highest BCUT2D eigenvalue weighted by Gasteiger charge is 2.10. The van der Waals surface area contributed by atoms with Gasteiger partial charge in [0.2, 0.25) is 0 Å². The summed E-state index contributed by atoms with van der Waals surface area (Å²) in [6.07, 6.45) is 1.81. The number of aromatic amines is 1. The first-order valence-corrected chi connectivity index (χ1v) is 6.39. The van der Waals surface area contributed by atoms with Crippen molar-refractivity contribution in [3.63, 3.8) is 0 Å². The van der Waals surface area contributed by atoms with Crippen LogP contribution in [0.15, 0.2) is 36.5 Å². The lowest BCUT2D eigenvalue weighted by molar-refractivity contribution is 0.531. The zero-order chi connectivity index (χ0) is 13.2. The first-order chi connectivity index (χ1) is 9.24. The number of hydrogen-bond acceptors (Lipinski definition) is 3. The molecule has 19 heavy (non-hydrogen) atoms. The number of para-hydroxylation sites is 2. The molecule has 0 aliphatic heterocycles. The quantitative estimate of drug-likeness (QED) is 0.751. The molecule has 1 atom stereocenters. The molecule has 1 unspecified atom stereocenters. The molecule has 2 N–H and O–H groups in total. The maximum Gasteiger partial charge on any atom is 0.124 e. The number of aromatic nitrogens is 4. The molecule has 98 valence electrons. The van der Waals surface area contributed by atoms with Gasteiger partial charge in [-0.1, -0.05) is 12.1 Å². The number of H-pyrrole nitrogens is 1. The zero-order valence-electron chi connectivity index (χ0n) is 11.1. The average Bonchev–Trinajstić information content (AvgIpc) is 3.01. The van der Waals surface area contributed by atoms with E-state index < -0.39 is 0 Å². The van der Waals surface area contributed by atoms with E-state index in [4.69, 9.17) is 0 Å². The molecular weight excluding hydrogens is 238 g/mol. The fourth-order valence-corrected chi connectivity index (χ4v) is 2.11. The Morgan fingerprint density at radius 2 is 2.16 bits per heavy atom. The van der Waals surface area contributed by atoms with Crippen LogP contribution in [-0.2, 0) is 13.6 Å². The summed E-state index contributed by atoms with van der Waals surface area (Å²) in [7, 11) is 1.95. The third kappa shape index (κ3) is 2.37. The van der Waals surface area contributed by atoms with E-state index in [0.29, 0.717) is 0 Å². The molecule has 0 amide bonds. The Morgan fingerprint density at radius 3 is 2.89 bits per heavy atom. The zero-order valence-corrected chi connectivity index (χ0v) is 11.1. The normalized spacial score (nSPS) is 12.9. The van der Waals surface area contributed by atoms with Crippen LogP contribution in [-0.4, -0.2) is 19.7 Å². The number of rotatable bonds is 4. The topological polar surface area (TPSA) is 58.5 Å². The van der Waals surface area contributed by atoms with E-state index in [-0.39, 0.29) is 6.04 Å². The molecule has 1 aromatic carbocycles. The van der Waals surface area contributed by atoms with Crippen molar-refractivity contribution in [3.05, 3.63) is 48.0 Å². The Labute approximate surface area is 111 Å². The van der Waals surface area contributed by atoms with Crippen LogP contribution in [0.3, 0.4) is 0 Å². The molecule has 0 aliphatic rings. The van der Waals surface area contributed by atoms with Crippen molar-refractivity contribution >= 4 is 11.0 Å². The van der Waals surface area contributed by atoms with Gasteiger partial charge in [0.15, 0.2) is 0 Å². The molecule has 3 aromatic rings. The minimum absolute atomic E-state index is 0.169. The lowest BCUT2D eigenvalue weighted by Crippen LogP contribution is -2.20. The first-order valence-electron chi connectivity index (χ1n) is 6.39. The Balaban J connectivity index is 1.73. The Kier molecular flexibility index (Phi) is 3.05.